The third-order valence-corrected chi connectivity index (χ3v) is 3.24. The molecule has 3 aromatic rings. The van der Waals surface area contributed by atoms with Gasteiger partial charge in [-0.2, -0.15) is 0 Å². The summed E-state index contributed by atoms with van der Waals surface area (Å²) in [5.41, 5.74) is 3.40. The summed E-state index contributed by atoms with van der Waals surface area (Å²) in [6, 6.07) is 16.1. The summed E-state index contributed by atoms with van der Waals surface area (Å²) in [5, 5.41) is 11.0. The Balaban J connectivity index is 2.02. The molecular formula is C16H15NO. The van der Waals surface area contributed by atoms with Crippen LogP contribution in [0.5, 0.6) is 5.75 Å². The van der Waals surface area contributed by atoms with Crippen molar-refractivity contribution in [1.82, 2.24) is 4.57 Å². The van der Waals surface area contributed by atoms with Crippen molar-refractivity contribution in [1.29, 1.82) is 0 Å². The third kappa shape index (κ3) is 1.86. The van der Waals surface area contributed by atoms with E-state index in [-0.39, 0.29) is 0 Å². The van der Waals surface area contributed by atoms with Gasteiger partial charge in [0.2, 0.25) is 0 Å². The maximum atomic E-state index is 9.94. The van der Waals surface area contributed by atoms with E-state index in [1.54, 1.807) is 6.07 Å². The Morgan fingerprint density at radius 2 is 1.78 bits per heavy atom. The molecule has 0 fully saturated rings. The molecule has 2 heteroatoms. The van der Waals surface area contributed by atoms with Crippen molar-refractivity contribution in [2.45, 2.75) is 13.5 Å². The summed E-state index contributed by atoms with van der Waals surface area (Å²) in [4.78, 5) is 0. The number of nitrogens with zero attached hydrogens (tertiary/aromatic N) is 1. The van der Waals surface area contributed by atoms with Gasteiger partial charge >= 0.3 is 0 Å². The van der Waals surface area contributed by atoms with Gasteiger partial charge in [-0.25, -0.2) is 0 Å². The number of phenols is 1. The molecule has 1 heterocycles. The van der Waals surface area contributed by atoms with E-state index in [0.29, 0.717) is 5.75 Å². The van der Waals surface area contributed by atoms with Crippen LogP contribution in [0.25, 0.3) is 10.9 Å². The highest BCUT2D eigenvalue weighted by Gasteiger charge is 2.05. The first-order chi connectivity index (χ1) is 8.74. The van der Waals surface area contributed by atoms with E-state index in [1.165, 1.54) is 11.1 Å². The van der Waals surface area contributed by atoms with Crippen LogP contribution in [-0.2, 0) is 6.54 Å². The van der Waals surface area contributed by atoms with Gasteiger partial charge in [0.25, 0.3) is 0 Å². The molecule has 0 saturated carbocycles. The minimum atomic E-state index is 0.338. The number of aromatic nitrogens is 1. The topological polar surface area (TPSA) is 25.2 Å². The number of phenolic OH excluding ortho intramolecular Hbond substituents is 1. The highest BCUT2D eigenvalue weighted by atomic mass is 16.3. The van der Waals surface area contributed by atoms with Gasteiger partial charge in [0, 0.05) is 18.1 Å². The molecule has 0 amide bonds. The Morgan fingerprint density at radius 1 is 1.00 bits per heavy atom. The molecule has 18 heavy (non-hydrogen) atoms. The van der Waals surface area contributed by atoms with Crippen LogP contribution in [0, 0.1) is 6.92 Å². The van der Waals surface area contributed by atoms with Crippen molar-refractivity contribution in [2.75, 3.05) is 0 Å². The van der Waals surface area contributed by atoms with E-state index >= 15 is 0 Å². The minimum absolute atomic E-state index is 0.338. The van der Waals surface area contributed by atoms with Crippen LogP contribution in [0.3, 0.4) is 0 Å². The molecule has 90 valence electrons. The average Bonchev–Trinajstić information content (AvgIpc) is 2.77. The quantitative estimate of drug-likeness (QED) is 0.722. The lowest BCUT2D eigenvalue weighted by Gasteiger charge is -2.07. The SMILES string of the molecule is Cc1ccc(Cn2ccc3cccc(O)c32)cc1. The molecule has 0 aliphatic carbocycles. The maximum absolute atomic E-state index is 9.94. The van der Waals surface area contributed by atoms with Gasteiger partial charge in [0.05, 0.1) is 5.52 Å². The van der Waals surface area contributed by atoms with Gasteiger partial charge in [-0.05, 0) is 24.6 Å². The summed E-state index contributed by atoms with van der Waals surface area (Å²) in [6.07, 6.45) is 2.02. The van der Waals surface area contributed by atoms with E-state index in [0.717, 1.165) is 17.4 Å². The maximum Gasteiger partial charge on any atom is 0.139 e. The molecule has 0 spiro atoms. The number of para-hydroxylation sites is 1. The van der Waals surface area contributed by atoms with Crippen molar-refractivity contribution < 1.29 is 5.11 Å². The zero-order chi connectivity index (χ0) is 12.5. The van der Waals surface area contributed by atoms with Crippen molar-refractivity contribution in [3.63, 3.8) is 0 Å². The molecule has 2 nitrogen and oxygen atoms in total. The fourth-order valence-electron chi connectivity index (χ4n) is 2.26. The fraction of sp³-hybridized carbons (Fsp3) is 0.125. The largest absolute Gasteiger partial charge is 0.506 e. The third-order valence-electron chi connectivity index (χ3n) is 3.24. The summed E-state index contributed by atoms with van der Waals surface area (Å²) >= 11 is 0. The van der Waals surface area contributed by atoms with Crippen molar-refractivity contribution in [3.8, 4) is 5.75 Å². The van der Waals surface area contributed by atoms with Crippen molar-refractivity contribution >= 4 is 10.9 Å². The normalized spacial score (nSPS) is 10.9. The van der Waals surface area contributed by atoms with Crippen LogP contribution >= 0.6 is 0 Å². The van der Waals surface area contributed by atoms with E-state index < -0.39 is 0 Å². The van der Waals surface area contributed by atoms with E-state index in [2.05, 4.69) is 35.8 Å². The minimum Gasteiger partial charge on any atom is -0.506 e. The van der Waals surface area contributed by atoms with Gasteiger partial charge < -0.3 is 9.67 Å². The molecule has 0 aliphatic rings. The summed E-state index contributed by atoms with van der Waals surface area (Å²) < 4.78 is 2.08. The Kier molecular flexibility index (Phi) is 2.56. The van der Waals surface area contributed by atoms with E-state index in [9.17, 15) is 5.11 Å². The number of rotatable bonds is 2. The van der Waals surface area contributed by atoms with Crippen LogP contribution in [0.15, 0.2) is 54.7 Å². The zero-order valence-corrected chi connectivity index (χ0v) is 10.3. The van der Waals surface area contributed by atoms with Gasteiger partial charge in [-0.3, -0.25) is 0 Å². The van der Waals surface area contributed by atoms with Crippen LogP contribution in [-0.4, -0.2) is 9.67 Å². The highest BCUT2D eigenvalue weighted by molar-refractivity contribution is 5.85. The van der Waals surface area contributed by atoms with Crippen LogP contribution in [0.1, 0.15) is 11.1 Å². The Hall–Kier alpha value is -2.22. The molecule has 0 aliphatic heterocycles. The second-order valence-corrected chi connectivity index (χ2v) is 4.64. The van der Waals surface area contributed by atoms with Gasteiger partial charge in [-0.15, -0.1) is 0 Å². The molecule has 1 aromatic heterocycles. The second-order valence-electron chi connectivity index (χ2n) is 4.64. The second kappa shape index (κ2) is 4.22. The molecule has 0 bridgehead atoms. The monoisotopic (exact) mass is 237 g/mol. The highest BCUT2D eigenvalue weighted by Crippen LogP contribution is 2.26. The molecular weight excluding hydrogens is 222 g/mol. The lowest BCUT2D eigenvalue weighted by atomic mass is 10.1. The lowest BCUT2D eigenvalue weighted by Crippen LogP contribution is -1.97. The first kappa shape index (κ1) is 10.9. The van der Waals surface area contributed by atoms with Gasteiger partial charge in [0.1, 0.15) is 5.75 Å². The van der Waals surface area contributed by atoms with Crippen LogP contribution < -0.4 is 0 Å². The summed E-state index contributed by atoms with van der Waals surface area (Å²) in [5.74, 6) is 0.338. The Bertz CT molecular complexity index is 680. The summed E-state index contributed by atoms with van der Waals surface area (Å²) in [7, 11) is 0. The number of fused-ring (bicyclic) bond motifs is 1. The zero-order valence-electron chi connectivity index (χ0n) is 10.3. The number of benzene rings is 2. The predicted molar refractivity (Wildman–Crippen MR) is 73.9 cm³/mol. The van der Waals surface area contributed by atoms with Gasteiger partial charge in [0.15, 0.2) is 0 Å². The number of hydrogen-bond donors (Lipinski definition) is 1. The van der Waals surface area contributed by atoms with E-state index in [1.807, 2.05) is 24.4 Å². The molecule has 3 rings (SSSR count). The average molecular weight is 237 g/mol. The Labute approximate surface area is 106 Å². The smallest absolute Gasteiger partial charge is 0.139 e. The molecule has 0 radical (unpaired) electrons. The first-order valence-corrected chi connectivity index (χ1v) is 6.06. The van der Waals surface area contributed by atoms with Gasteiger partial charge in [-0.1, -0.05) is 42.0 Å². The molecule has 0 unspecified atom stereocenters. The standard InChI is InChI=1S/C16H15NO/c1-12-5-7-13(8-6-12)11-17-10-9-14-3-2-4-15(18)16(14)17/h2-10,18H,11H2,1H3. The molecule has 1 N–H and O–H groups in total. The summed E-state index contributed by atoms with van der Waals surface area (Å²) in [6.45, 7) is 2.86. The number of aromatic hydroxyl groups is 1. The van der Waals surface area contributed by atoms with Crippen LogP contribution in [0.4, 0.5) is 0 Å². The number of hydrogen-bond acceptors (Lipinski definition) is 1. The molecule has 0 saturated heterocycles. The lowest BCUT2D eigenvalue weighted by molar-refractivity contribution is 0.478. The van der Waals surface area contributed by atoms with Crippen molar-refractivity contribution in [2.24, 2.45) is 0 Å². The fourth-order valence-corrected chi connectivity index (χ4v) is 2.26. The Morgan fingerprint density at radius 3 is 2.56 bits per heavy atom. The van der Waals surface area contributed by atoms with Crippen molar-refractivity contribution in [3.05, 3.63) is 65.9 Å². The van der Waals surface area contributed by atoms with Crippen LogP contribution in [0.2, 0.25) is 0 Å². The van der Waals surface area contributed by atoms with E-state index in [4.69, 9.17) is 0 Å². The number of aryl methyl sites for hydroxylation is 1. The predicted octanol–water partition coefficient (Wildman–Crippen LogP) is 3.70. The first-order valence-electron chi connectivity index (χ1n) is 6.06. The molecule has 0 atom stereocenters. The molecule has 2 aromatic carbocycles.